The van der Waals surface area contributed by atoms with Gasteiger partial charge in [0.2, 0.25) is 0 Å². The van der Waals surface area contributed by atoms with Crippen LogP contribution in [0.15, 0.2) is 285 Å². The van der Waals surface area contributed by atoms with E-state index in [-0.39, 0.29) is 13.4 Å². The van der Waals surface area contributed by atoms with Crippen LogP contribution in [-0.2, 0) is 0 Å². The molecule has 0 unspecified atom stereocenters. The molecule has 0 saturated carbocycles. The van der Waals surface area contributed by atoms with Crippen molar-refractivity contribution in [1.82, 2.24) is 0 Å². The van der Waals surface area contributed by atoms with Crippen molar-refractivity contribution in [3.05, 3.63) is 285 Å². The van der Waals surface area contributed by atoms with Crippen LogP contribution in [0.2, 0.25) is 0 Å². The van der Waals surface area contributed by atoms with Crippen LogP contribution in [0.3, 0.4) is 0 Å². The third-order valence-corrected chi connectivity index (χ3v) is 17.3. The first kappa shape index (κ1) is 45.3. The van der Waals surface area contributed by atoms with Gasteiger partial charge >= 0.3 is 0 Å². The van der Waals surface area contributed by atoms with E-state index < -0.39 is 0 Å². The summed E-state index contributed by atoms with van der Waals surface area (Å²) in [6, 6.07) is 103. The highest BCUT2D eigenvalue weighted by Gasteiger charge is 2.52. The Hall–Kier alpha value is -9.95. The molecule has 9 heteroatoms. The molecule has 0 fully saturated rings. The molecule has 0 saturated heterocycles. The van der Waals surface area contributed by atoms with Crippen molar-refractivity contribution in [3.63, 3.8) is 0 Å². The van der Waals surface area contributed by atoms with Gasteiger partial charge in [-0.15, -0.1) is 0 Å². The van der Waals surface area contributed by atoms with Crippen LogP contribution in [0.25, 0.3) is 0 Å². The summed E-state index contributed by atoms with van der Waals surface area (Å²) in [5.74, 6) is 1.72. The number of hydrogen-bond donors (Lipinski definition) is 0. The molecule has 0 radical (unpaired) electrons. The summed E-state index contributed by atoms with van der Waals surface area (Å²) in [4.78, 5) is 12.4. The molecule has 16 rings (SSSR count). The highest BCUT2D eigenvalue weighted by Crippen LogP contribution is 2.55. The number of nitrogens with zero attached hydrogens (tertiary/aromatic N) is 5. The smallest absolute Gasteiger partial charge is 0.268 e. The minimum absolute atomic E-state index is 0.125. The molecule has 5 heterocycles. The van der Waals surface area contributed by atoms with Crippen LogP contribution in [0, 0.1) is 0 Å². The zero-order valence-electron chi connectivity index (χ0n) is 42.8. The molecule has 0 amide bonds. The molecule has 1 aromatic heterocycles. The fraction of sp³-hybridized carbons (Fsp3) is 0. The van der Waals surface area contributed by atoms with Gasteiger partial charge in [0, 0.05) is 78.2 Å². The van der Waals surface area contributed by atoms with Crippen molar-refractivity contribution in [1.29, 1.82) is 0 Å². The van der Waals surface area contributed by atoms with E-state index in [1.165, 1.54) is 37.5 Å². The van der Waals surface area contributed by atoms with Crippen molar-refractivity contribution in [2.24, 2.45) is 0 Å². The lowest BCUT2D eigenvalue weighted by Crippen LogP contribution is -2.60. The molecule has 0 bridgehead atoms. The number of hydrogen-bond acceptors (Lipinski definition) is 7. The van der Waals surface area contributed by atoms with Gasteiger partial charge in [-0.2, -0.15) is 11.3 Å². The Kier molecular flexibility index (Phi) is 10.5. The molecule has 0 aliphatic carbocycles. The predicted molar refractivity (Wildman–Crippen MR) is 334 cm³/mol. The third kappa shape index (κ3) is 7.13. The summed E-state index contributed by atoms with van der Waals surface area (Å²) in [5.41, 5.74) is 21.3. The second kappa shape index (κ2) is 18.4. The monoisotopic (exact) mass is 1030 g/mol. The Balaban J connectivity index is 1.04. The SMILES string of the molecule is c1ccc(N(c2ccccc2)c2cc3c4c(c2)N(c2ccccc2)c2c(sc5c2N(c2ccccc2)c2cc(N(c6ccccc6)c6ccccc6)cc6c2B5c2ccccc2N6c2ccccc2)B4c2ccccc2O3)cc1. The van der Waals surface area contributed by atoms with E-state index in [4.69, 9.17) is 4.74 Å². The van der Waals surface area contributed by atoms with E-state index in [0.29, 0.717) is 0 Å². The molecular formula is C70H47B2N5OS. The molecule has 12 aromatic rings. The van der Waals surface area contributed by atoms with Crippen molar-refractivity contribution >= 4 is 141 Å². The zero-order chi connectivity index (χ0) is 52.0. The maximum absolute atomic E-state index is 7.24. The highest BCUT2D eigenvalue weighted by atomic mass is 32.1. The minimum atomic E-state index is -0.140. The van der Waals surface area contributed by atoms with Crippen molar-refractivity contribution in [3.8, 4) is 11.5 Å². The Morgan fingerprint density at radius 2 is 0.646 bits per heavy atom. The van der Waals surface area contributed by atoms with Crippen LogP contribution in [0.1, 0.15) is 0 Å². The van der Waals surface area contributed by atoms with Crippen LogP contribution < -0.4 is 60.6 Å². The number of fused-ring (bicyclic) bond motifs is 9. The first-order valence-corrected chi connectivity index (χ1v) is 27.8. The first-order valence-electron chi connectivity index (χ1n) is 27.0. The third-order valence-electron chi connectivity index (χ3n) is 16.0. The topological polar surface area (TPSA) is 25.4 Å². The molecular weight excluding hydrogens is 980 g/mol. The van der Waals surface area contributed by atoms with Crippen LogP contribution in [-0.4, -0.2) is 13.4 Å². The number of ether oxygens (including phenoxy) is 1. The largest absolute Gasteiger partial charge is 0.458 e. The molecule has 4 aliphatic rings. The van der Waals surface area contributed by atoms with Gasteiger partial charge in [0.05, 0.1) is 22.7 Å². The van der Waals surface area contributed by atoms with E-state index in [1.54, 1.807) is 0 Å². The number of rotatable bonds is 9. The molecule has 79 heavy (non-hydrogen) atoms. The first-order chi connectivity index (χ1) is 39.2. The number of thiophene rings is 1. The van der Waals surface area contributed by atoms with Crippen molar-refractivity contribution in [2.45, 2.75) is 0 Å². The zero-order valence-corrected chi connectivity index (χ0v) is 43.7. The molecule has 370 valence electrons. The number of benzene rings is 11. The molecule has 0 N–H and O–H groups in total. The Morgan fingerprint density at radius 3 is 1.13 bits per heavy atom. The Labute approximate surface area is 464 Å². The fourth-order valence-electron chi connectivity index (χ4n) is 12.8. The molecule has 0 atom stereocenters. The maximum atomic E-state index is 7.24. The van der Waals surface area contributed by atoms with Crippen LogP contribution in [0.5, 0.6) is 11.5 Å². The van der Waals surface area contributed by atoms with Crippen LogP contribution in [0.4, 0.5) is 85.3 Å². The number of anilines is 15. The fourth-order valence-corrected chi connectivity index (χ4v) is 14.3. The second-order valence-electron chi connectivity index (χ2n) is 20.4. The van der Waals surface area contributed by atoms with Gasteiger partial charge in [0.1, 0.15) is 11.5 Å². The van der Waals surface area contributed by atoms with Gasteiger partial charge in [-0.3, -0.25) is 0 Å². The second-order valence-corrected chi connectivity index (χ2v) is 21.5. The van der Waals surface area contributed by atoms with E-state index in [1.807, 2.05) is 11.3 Å². The quantitative estimate of drug-likeness (QED) is 0.134. The summed E-state index contributed by atoms with van der Waals surface area (Å²) in [7, 11) is 0. The average molecular weight is 1030 g/mol. The highest BCUT2D eigenvalue weighted by molar-refractivity contribution is 7.38. The summed E-state index contributed by atoms with van der Waals surface area (Å²) >= 11 is 1.97. The Morgan fingerprint density at radius 1 is 0.291 bits per heavy atom. The summed E-state index contributed by atoms with van der Waals surface area (Å²) in [5, 5.41) is 0. The molecule has 11 aromatic carbocycles. The summed E-state index contributed by atoms with van der Waals surface area (Å²) < 4.78 is 9.82. The minimum Gasteiger partial charge on any atom is -0.458 e. The molecule has 4 aliphatic heterocycles. The predicted octanol–water partition coefficient (Wildman–Crippen LogP) is 15.2. The summed E-state index contributed by atoms with van der Waals surface area (Å²) in [6.07, 6.45) is 0. The van der Waals surface area contributed by atoms with E-state index in [2.05, 4.69) is 310 Å². The molecule has 6 nitrogen and oxygen atoms in total. The van der Waals surface area contributed by atoms with Crippen molar-refractivity contribution in [2.75, 3.05) is 24.5 Å². The van der Waals surface area contributed by atoms with Gasteiger partial charge in [-0.05, 0) is 137 Å². The number of para-hydroxylation sites is 9. The van der Waals surface area contributed by atoms with Crippen molar-refractivity contribution < 1.29 is 4.74 Å². The lowest BCUT2D eigenvalue weighted by Gasteiger charge is -2.45. The lowest BCUT2D eigenvalue weighted by molar-refractivity contribution is 0.487. The average Bonchev–Trinajstić information content (AvgIpc) is 4.17. The van der Waals surface area contributed by atoms with Gasteiger partial charge in [-0.1, -0.05) is 164 Å². The lowest BCUT2D eigenvalue weighted by atomic mass is 9.35. The molecule has 0 spiro atoms. The normalized spacial score (nSPS) is 13.0. The van der Waals surface area contributed by atoms with Crippen LogP contribution >= 0.6 is 11.3 Å². The van der Waals surface area contributed by atoms with Gasteiger partial charge in [0.25, 0.3) is 13.4 Å². The van der Waals surface area contributed by atoms with E-state index >= 15 is 0 Å². The van der Waals surface area contributed by atoms with Gasteiger partial charge < -0.3 is 29.2 Å². The van der Waals surface area contributed by atoms with E-state index in [0.717, 1.165) is 90.7 Å². The summed E-state index contributed by atoms with van der Waals surface area (Å²) in [6.45, 7) is -0.265. The van der Waals surface area contributed by atoms with Gasteiger partial charge in [-0.25, -0.2) is 0 Å². The van der Waals surface area contributed by atoms with Gasteiger partial charge in [0.15, 0.2) is 0 Å². The standard InChI is InChI=1S/C70H47B2N5OS/c1-8-26-48(27-9-1)73(49-28-10-2-11-29-49)55-44-60-65-61(45-55)76(53-36-18-6-19-37-53)67-68-70(79-69(67)71(65)57-40-22-24-42-59(57)75(60)52-34-16-5-17-35-52)72-58-41-23-25-43-63(58)78-64-47-56(46-62(66(64)72)77(68)54-38-20-7-21-39-54)74(50-30-12-3-13-31-50)51-32-14-4-15-33-51/h1-47H. The Bertz CT molecular complexity index is 4190. The van der Waals surface area contributed by atoms with E-state index in [9.17, 15) is 0 Å². The maximum Gasteiger partial charge on any atom is 0.268 e.